The molecule has 0 spiro atoms. The van der Waals surface area contributed by atoms with Crippen LogP contribution in [0.2, 0.25) is 0 Å². The van der Waals surface area contributed by atoms with Gasteiger partial charge in [-0.3, -0.25) is 4.79 Å². The van der Waals surface area contributed by atoms with E-state index in [4.69, 9.17) is 14.6 Å². The molecule has 0 aliphatic carbocycles. The Bertz CT molecular complexity index is 767. The summed E-state index contributed by atoms with van der Waals surface area (Å²) in [6, 6.07) is 10.8. The number of aliphatic carboxylic acids is 1. The summed E-state index contributed by atoms with van der Waals surface area (Å²) in [5, 5.41) is 13.3. The molecule has 3 rings (SSSR count). The van der Waals surface area contributed by atoms with Gasteiger partial charge in [-0.2, -0.15) is 0 Å². The molecule has 1 amide bonds. The molecule has 1 fully saturated rings. The Morgan fingerprint density at radius 1 is 1.20 bits per heavy atom. The first-order chi connectivity index (χ1) is 12.1. The van der Waals surface area contributed by atoms with Crippen LogP contribution in [0.5, 0.6) is 5.75 Å². The van der Waals surface area contributed by atoms with Crippen molar-refractivity contribution in [3.63, 3.8) is 0 Å². The zero-order chi connectivity index (χ0) is 17.6. The summed E-state index contributed by atoms with van der Waals surface area (Å²) in [6.07, 6.45) is 3.41. The third-order valence-corrected chi connectivity index (χ3v) is 4.23. The molecule has 0 aromatic heterocycles. The number of carbonyl (C=O) groups is 2. The minimum atomic E-state index is -1.03. The van der Waals surface area contributed by atoms with Gasteiger partial charge in [0.05, 0.1) is 6.10 Å². The van der Waals surface area contributed by atoms with Gasteiger partial charge < -0.3 is 19.9 Å². The van der Waals surface area contributed by atoms with Crippen LogP contribution in [0.3, 0.4) is 0 Å². The minimum absolute atomic E-state index is 0.0557. The molecule has 25 heavy (non-hydrogen) atoms. The van der Waals surface area contributed by atoms with E-state index in [9.17, 15) is 9.59 Å². The zero-order valence-electron chi connectivity index (χ0n) is 13.9. The monoisotopic (exact) mass is 343 g/mol. The highest BCUT2D eigenvalue weighted by Crippen LogP contribution is 2.31. The number of fused-ring (bicyclic) bond motifs is 1. The van der Waals surface area contributed by atoms with Crippen molar-refractivity contribution < 1.29 is 24.2 Å². The van der Waals surface area contributed by atoms with Crippen LogP contribution in [-0.2, 0) is 14.3 Å². The van der Waals surface area contributed by atoms with E-state index in [0.717, 1.165) is 36.6 Å². The van der Waals surface area contributed by atoms with Gasteiger partial charge in [-0.15, -0.1) is 0 Å². The van der Waals surface area contributed by atoms with E-state index in [1.807, 2.05) is 24.3 Å². The topological polar surface area (TPSA) is 84.9 Å². The van der Waals surface area contributed by atoms with Crippen LogP contribution in [0, 0.1) is 0 Å². The Labute approximate surface area is 145 Å². The molecular formula is C19H21NO5. The van der Waals surface area contributed by atoms with E-state index in [2.05, 4.69) is 5.32 Å². The summed E-state index contributed by atoms with van der Waals surface area (Å²) in [6.45, 7) is 0.381. The predicted molar refractivity (Wildman–Crippen MR) is 93.9 cm³/mol. The maximum absolute atomic E-state index is 12.2. The van der Waals surface area contributed by atoms with E-state index < -0.39 is 12.6 Å². The SMILES string of the molecule is O=C(O)COc1ccc(NC(=O)CCC2CCCO2)c2ccccc12. The number of carboxylic acid groups (broad SMARTS) is 1. The van der Waals surface area contributed by atoms with E-state index in [1.165, 1.54) is 0 Å². The number of amides is 1. The van der Waals surface area contributed by atoms with E-state index >= 15 is 0 Å². The van der Waals surface area contributed by atoms with Crippen LogP contribution >= 0.6 is 0 Å². The van der Waals surface area contributed by atoms with Crippen molar-refractivity contribution in [1.29, 1.82) is 0 Å². The molecule has 1 aliphatic rings. The summed E-state index contributed by atoms with van der Waals surface area (Å²) in [4.78, 5) is 22.9. The summed E-state index contributed by atoms with van der Waals surface area (Å²) in [7, 11) is 0. The summed E-state index contributed by atoms with van der Waals surface area (Å²) in [5.74, 6) is -0.606. The quantitative estimate of drug-likeness (QED) is 0.806. The molecule has 2 aromatic rings. The third-order valence-electron chi connectivity index (χ3n) is 4.23. The standard InChI is InChI=1S/C19H21NO5/c21-18(10-7-13-4-3-11-24-13)20-16-8-9-17(25-12-19(22)23)15-6-2-1-5-14(15)16/h1-2,5-6,8-9,13H,3-4,7,10-12H2,(H,20,21)(H,22,23). The average Bonchev–Trinajstić information content (AvgIpc) is 3.13. The number of nitrogens with one attached hydrogen (secondary N) is 1. The van der Waals surface area contributed by atoms with Gasteiger partial charge in [0.15, 0.2) is 6.61 Å². The number of ether oxygens (including phenoxy) is 2. The van der Waals surface area contributed by atoms with Crippen molar-refractivity contribution in [2.75, 3.05) is 18.5 Å². The van der Waals surface area contributed by atoms with Gasteiger partial charge >= 0.3 is 5.97 Å². The van der Waals surface area contributed by atoms with Gasteiger partial charge in [0.25, 0.3) is 0 Å². The molecule has 1 aliphatic heterocycles. The van der Waals surface area contributed by atoms with Crippen LogP contribution in [0.25, 0.3) is 10.8 Å². The highest BCUT2D eigenvalue weighted by atomic mass is 16.5. The minimum Gasteiger partial charge on any atom is -0.481 e. The van der Waals surface area contributed by atoms with Crippen LogP contribution in [0.1, 0.15) is 25.7 Å². The molecule has 1 heterocycles. The first-order valence-corrected chi connectivity index (χ1v) is 8.41. The van der Waals surface area contributed by atoms with Gasteiger partial charge in [-0.1, -0.05) is 24.3 Å². The molecule has 1 unspecified atom stereocenters. The van der Waals surface area contributed by atoms with Crippen molar-refractivity contribution >= 4 is 28.3 Å². The summed E-state index contributed by atoms with van der Waals surface area (Å²) < 4.78 is 10.9. The number of carbonyl (C=O) groups excluding carboxylic acids is 1. The number of hydrogen-bond donors (Lipinski definition) is 2. The van der Waals surface area contributed by atoms with Crippen LogP contribution in [0.15, 0.2) is 36.4 Å². The number of anilines is 1. The molecular weight excluding hydrogens is 322 g/mol. The fraction of sp³-hybridized carbons (Fsp3) is 0.368. The molecule has 6 nitrogen and oxygen atoms in total. The van der Waals surface area contributed by atoms with Crippen molar-refractivity contribution in [3.05, 3.63) is 36.4 Å². The van der Waals surface area contributed by atoms with Crippen molar-refractivity contribution in [1.82, 2.24) is 0 Å². The van der Waals surface area contributed by atoms with Crippen molar-refractivity contribution in [2.24, 2.45) is 0 Å². The third kappa shape index (κ3) is 4.48. The molecule has 1 atom stereocenters. The maximum Gasteiger partial charge on any atom is 0.341 e. The summed E-state index contributed by atoms with van der Waals surface area (Å²) in [5.41, 5.74) is 0.690. The first-order valence-electron chi connectivity index (χ1n) is 8.41. The molecule has 2 N–H and O–H groups in total. The first kappa shape index (κ1) is 17.2. The van der Waals surface area contributed by atoms with E-state index in [-0.39, 0.29) is 12.0 Å². The van der Waals surface area contributed by atoms with Crippen LogP contribution in [0.4, 0.5) is 5.69 Å². The molecule has 1 saturated heterocycles. The lowest BCUT2D eigenvalue weighted by atomic mass is 10.1. The van der Waals surface area contributed by atoms with E-state index in [0.29, 0.717) is 17.9 Å². The molecule has 132 valence electrons. The lowest BCUT2D eigenvalue weighted by molar-refractivity contribution is -0.139. The Morgan fingerprint density at radius 2 is 2.00 bits per heavy atom. The lowest BCUT2D eigenvalue weighted by Gasteiger charge is -2.13. The highest BCUT2D eigenvalue weighted by molar-refractivity contribution is 6.04. The number of carboxylic acids is 1. The Kier molecular flexibility index (Phi) is 5.50. The van der Waals surface area contributed by atoms with Crippen LogP contribution in [-0.4, -0.2) is 36.3 Å². The Balaban J connectivity index is 1.71. The van der Waals surface area contributed by atoms with Gasteiger partial charge in [0.2, 0.25) is 5.91 Å². The molecule has 0 radical (unpaired) electrons. The number of benzene rings is 2. The van der Waals surface area contributed by atoms with Crippen molar-refractivity contribution in [3.8, 4) is 5.75 Å². The number of rotatable bonds is 7. The van der Waals surface area contributed by atoms with Gasteiger partial charge in [0.1, 0.15) is 5.75 Å². The Morgan fingerprint density at radius 3 is 2.72 bits per heavy atom. The predicted octanol–water partition coefficient (Wildman–Crippen LogP) is 3.20. The highest BCUT2D eigenvalue weighted by Gasteiger charge is 2.17. The second-order valence-corrected chi connectivity index (χ2v) is 6.06. The van der Waals surface area contributed by atoms with Crippen molar-refractivity contribution in [2.45, 2.75) is 31.8 Å². The second kappa shape index (κ2) is 7.98. The zero-order valence-corrected chi connectivity index (χ0v) is 13.9. The van der Waals surface area contributed by atoms with Gasteiger partial charge in [-0.05, 0) is 31.4 Å². The molecule has 0 saturated carbocycles. The lowest BCUT2D eigenvalue weighted by Crippen LogP contribution is -2.15. The molecule has 2 aromatic carbocycles. The van der Waals surface area contributed by atoms with Gasteiger partial charge in [-0.25, -0.2) is 4.79 Å². The Hall–Kier alpha value is -2.60. The second-order valence-electron chi connectivity index (χ2n) is 6.06. The molecule has 6 heteroatoms. The fourth-order valence-electron chi connectivity index (χ4n) is 3.02. The normalized spacial score (nSPS) is 16.7. The largest absolute Gasteiger partial charge is 0.481 e. The van der Waals surface area contributed by atoms with Crippen LogP contribution < -0.4 is 10.1 Å². The maximum atomic E-state index is 12.2. The molecule has 0 bridgehead atoms. The smallest absolute Gasteiger partial charge is 0.341 e. The average molecular weight is 343 g/mol. The van der Waals surface area contributed by atoms with Gasteiger partial charge in [0, 0.05) is 29.5 Å². The number of hydrogen-bond acceptors (Lipinski definition) is 4. The fourth-order valence-corrected chi connectivity index (χ4v) is 3.02. The summed E-state index contributed by atoms with van der Waals surface area (Å²) >= 11 is 0. The van der Waals surface area contributed by atoms with E-state index in [1.54, 1.807) is 12.1 Å².